The molecule has 1 rings (SSSR count). The van der Waals surface area contributed by atoms with Gasteiger partial charge in [-0.05, 0) is 22.4 Å². The Balaban J connectivity index is 2.68. The zero-order chi connectivity index (χ0) is 13.5. The quantitative estimate of drug-likeness (QED) is 0.833. The van der Waals surface area contributed by atoms with Crippen molar-refractivity contribution in [1.29, 1.82) is 0 Å². The SMILES string of the molecule is CCCNc1ncnc(NCC(=O)N(C)C)c1Br. The summed E-state index contributed by atoms with van der Waals surface area (Å²) < 4.78 is 0.741. The van der Waals surface area contributed by atoms with Crippen molar-refractivity contribution in [1.82, 2.24) is 14.9 Å². The van der Waals surface area contributed by atoms with Crippen LogP contribution < -0.4 is 10.6 Å². The molecular formula is C11H18BrN5O. The van der Waals surface area contributed by atoms with E-state index in [0.29, 0.717) is 5.82 Å². The largest absolute Gasteiger partial charge is 0.369 e. The minimum atomic E-state index is -0.0106. The fourth-order valence-electron chi connectivity index (χ4n) is 1.18. The summed E-state index contributed by atoms with van der Waals surface area (Å²) in [6.07, 6.45) is 2.48. The maximum Gasteiger partial charge on any atom is 0.241 e. The summed E-state index contributed by atoms with van der Waals surface area (Å²) in [5.74, 6) is 1.33. The Bertz CT molecular complexity index is 410. The lowest BCUT2D eigenvalue weighted by atomic mass is 10.4. The molecule has 0 radical (unpaired) electrons. The average Bonchev–Trinajstić information content (AvgIpc) is 2.35. The Kier molecular flexibility index (Phi) is 5.84. The molecular weight excluding hydrogens is 298 g/mol. The molecule has 0 atom stereocenters. The van der Waals surface area contributed by atoms with Crippen molar-refractivity contribution in [3.8, 4) is 0 Å². The predicted octanol–water partition coefficient (Wildman–Crippen LogP) is 1.56. The van der Waals surface area contributed by atoms with Crippen LogP contribution in [-0.4, -0.2) is 48.0 Å². The lowest BCUT2D eigenvalue weighted by Crippen LogP contribution is -2.29. The molecule has 0 saturated heterocycles. The van der Waals surface area contributed by atoms with E-state index >= 15 is 0 Å². The smallest absolute Gasteiger partial charge is 0.241 e. The van der Waals surface area contributed by atoms with Gasteiger partial charge in [-0.15, -0.1) is 0 Å². The highest BCUT2D eigenvalue weighted by Crippen LogP contribution is 2.26. The number of rotatable bonds is 6. The molecule has 0 unspecified atom stereocenters. The molecule has 1 aromatic rings. The first kappa shape index (κ1) is 14.7. The summed E-state index contributed by atoms with van der Waals surface area (Å²) in [5, 5.41) is 6.16. The van der Waals surface area contributed by atoms with E-state index in [0.717, 1.165) is 23.3 Å². The molecule has 100 valence electrons. The fourth-order valence-corrected chi connectivity index (χ4v) is 1.66. The van der Waals surface area contributed by atoms with Gasteiger partial charge in [0, 0.05) is 20.6 Å². The first-order valence-corrected chi connectivity index (χ1v) is 6.54. The number of halogens is 1. The highest BCUT2D eigenvalue weighted by atomic mass is 79.9. The van der Waals surface area contributed by atoms with Gasteiger partial charge in [-0.25, -0.2) is 9.97 Å². The number of carbonyl (C=O) groups is 1. The van der Waals surface area contributed by atoms with E-state index in [2.05, 4.69) is 43.5 Å². The van der Waals surface area contributed by atoms with Gasteiger partial charge in [-0.3, -0.25) is 4.79 Å². The van der Waals surface area contributed by atoms with Crippen LogP contribution in [0.5, 0.6) is 0 Å². The van der Waals surface area contributed by atoms with Gasteiger partial charge in [0.25, 0.3) is 0 Å². The number of hydrogen-bond donors (Lipinski definition) is 2. The van der Waals surface area contributed by atoms with E-state index in [1.54, 1.807) is 14.1 Å². The number of nitrogens with one attached hydrogen (secondary N) is 2. The molecule has 0 aliphatic rings. The molecule has 0 fully saturated rings. The van der Waals surface area contributed by atoms with Crippen LogP contribution in [0.2, 0.25) is 0 Å². The van der Waals surface area contributed by atoms with Crippen LogP contribution in [0.4, 0.5) is 11.6 Å². The number of likely N-dealkylation sites (N-methyl/N-ethyl adjacent to an activating group) is 1. The van der Waals surface area contributed by atoms with Crippen LogP contribution in [0.1, 0.15) is 13.3 Å². The molecule has 0 aromatic carbocycles. The molecule has 18 heavy (non-hydrogen) atoms. The third-order valence-electron chi connectivity index (χ3n) is 2.24. The van der Waals surface area contributed by atoms with Crippen LogP contribution >= 0.6 is 15.9 Å². The summed E-state index contributed by atoms with van der Waals surface area (Å²) >= 11 is 3.42. The van der Waals surface area contributed by atoms with Gasteiger partial charge in [0.1, 0.15) is 22.4 Å². The average molecular weight is 316 g/mol. The Morgan fingerprint density at radius 3 is 2.50 bits per heavy atom. The topological polar surface area (TPSA) is 70.1 Å². The van der Waals surface area contributed by atoms with Gasteiger partial charge in [-0.2, -0.15) is 0 Å². The van der Waals surface area contributed by atoms with Crippen molar-refractivity contribution in [2.24, 2.45) is 0 Å². The molecule has 0 bridgehead atoms. The van der Waals surface area contributed by atoms with E-state index in [-0.39, 0.29) is 12.5 Å². The van der Waals surface area contributed by atoms with E-state index in [4.69, 9.17) is 0 Å². The van der Waals surface area contributed by atoms with Crippen LogP contribution in [0.25, 0.3) is 0 Å². The third kappa shape index (κ3) is 4.14. The third-order valence-corrected chi connectivity index (χ3v) is 2.99. The van der Waals surface area contributed by atoms with Gasteiger partial charge < -0.3 is 15.5 Å². The van der Waals surface area contributed by atoms with Gasteiger partial charge in [-0.1, -0.05) is 6.92 Å². The predicted molar refractivity (Wildman–Crippen MR) is 75.7 cm³/mol. The molecule has 2 N–H and O–H groups in total. The van der Waals surface area contributed by atoms with E-state index in [1.165, 1.54) is 11.2 Å². The first-order chi connectivity index (χ1) is 8.56. The molecule has 6 nitrogen and oxygen atoms in total. The number of nitrogens with zero attached hydrogens (tertiary/aromatic N) is 3. The minimum absolute atomic E-state index is 0.0106. The summed E-state index contributed by atoms with van der Waals surface area (Å²) in [5.41, 5.74) is 0. The van der Waals surface area contributed by atoms with E-state index in [9.17, 15) is 4.79 Å². The van der Waals surface area contributed by atoms with Crippen LogP contribution in [0.15, 0.2) is 10.8 Å². The maximum absolute atomic E-state index is 11.5. The number of amides is 1. The van der Waals surface area contributed by atoms with E-state index in [1.807, 2.05) is 0 Å². The van der Waals surface area contributed by atoms with Crippen molar-refractivity contribution in [3.05, 3.63) is 10.8 Å². The standard InChI is InChI=1S/C11H18BrN5O/c1-4-5-13-10-9(12)11(16-7-15-10)14-6-8(18)17(2)3/h7H,4-6H2,1-3H3,(H2,13,14,15,16). The van der Waals surface area contributed by atoms with Crippen molar-refractivity contribution in [2.45, 2.75) is 13.3 Å². The Morgan fingerprint density at radius 1 is 1.33 bits per heavy atom. The molecule has 0 saturated carbocycles. The zero-order valence-corrected chi connectivity index (χ0v) is 12.4. The second kappa shape index (κ2) is 7.15. The summed E-state index contributed by atoms with van der Waals surface area (Å²) in [4.78, 5) is 21.2. The lowest BCUT2D eigenvalue weighted by molar-refractivity contribution is -0.126. The maximum atomic E-state index is 11.5. The van der Waals surface area contributed by atoms with Gasteiger partial charge in [0.2, 0.25) is 5.91 Å². The Morgan fingerprint density at radius 2 is 1.94 bits per heavy atom. The zero-order valence-electron chi connectivity index (χ0n) is 10.8. The van der Waals surface area contributed by atoms with Gasteiger partial charge in [0.15, 0.2) is 0 Å². The van der Waals surface area contributed by atoms with Crippen LogP contribution in [0.3, 0.4) is 0 Å². The highest BCUT2D eigenvalue weighted by Gasteiger charge is 2.10. The molecule has 0 aliphatic heterocycles. The Labute approximate surface area is 115 Å². The molecule has 1 heterocycles. The van der Waals surface area contributed by atoms with Gasteiger partial charge in [0.05, 0.1) is 6.54 Å². The number of anilines is 2. The van der Waals surface area contributed by atoms with Crippen molar-refractivity contribution in [2.75, 3.05) is 37.8 Å². The Hall–Kier alpha value is -1.37. The number of hydrogen-bond acceptors (Lipinski definition) is 5. The molecule has 7 heteroatoms. The van der Waals surface area contributed by atoms with Gasteiger partial charge >= 0.3 is 0 Å². The van der Waals surface area contributed by atoms with Crippen molar-refractivity contribution < 1.29 is 4.79 Å². The highest BCUT2D eigenvalue weighted by molar-refractivity contribution is 9.10. The molecule has 0 spiro atoms. The van der Waals surface area contributed by atoms with Crippen LogP contribution in [-0.2, 0) is 4.79 Å². The summed E-state index contributed by atoms with van der Waals surface area (Å²) in [6, 6.07) is 0. The lowest BCUT2D eigenvalue weighted by Gasteiger charge is -2.13. The summed E-state index contributed by atoms with van der Waals surface area (Å²) in [7, 11) is 3.43. The second-order valence-electron chi connectivity index (χ2n) is 3.95. The monoisotopic (exact) mass is 315 g/mol. The van der Waals surface area contributed by atoms with Crippen molar-refractivity contribution in [3.63, 3.8) is 0 Å². The molecule has 1 amide bonds. The normalized spacial score (nSPS) is 10.0. The minimum Gasteiger partial charge on any atom is -0.369 e. The van der Waals surface area contributed by atoms with Crippen molar-refractivity contribution >= 4 is 33.5 Å². The number of carbonyl (C=O) groups excluding carboxylic acids is 1. The number of aromatic nitrogens is 2. The summed E-state index contributed by atoms with van der Waals surface area (Å²) in [6.45, 7) is 3.12. The first-order valence-electron chi connectivity index (χ1n) is 5.74. The molecule has 0 aliphatic carbocycles. The van der Waals surface area contributed by atoms with E-state index < -0.39 is 0 Å². The second-order valence-corrected chi connectivity index (χ2v) is 4.75. The van der Waals surface area contributed by atoms with Crippen LogP contribution in [0, 0.1) is 0 Å². The molecule has 1 aromatic heterocycles. The fraction of sp³-hybridized carbons (Fsp3) is 0.545.